The number of fused-ring (bicyclic) bond motifs is 3. The minimum absolute atomic E-state index is 0. The van der Waals surface area contributed by atoms with E-state index in [4.69, 9.17) is 0 Å². The van der Waals surface area contributed by atoms with Gasteiger partial charge in [-0.3, -0.25) is 6.08 Å². The van der Waals surface area contributed by atoms with Crippen LogP contribution in [-0.4, -0.2) is 8.07 Å². The Morgan fingerprint density at radius 3 is 1.57 bits per heavy atom. The third-order valence-electron chi connectivity index (χ3n) is 4.09. The third kappa shape index (κ3) is 8.46. The summed E-state index contributed by atoms with van der Waals surface area (Å²) in [5.41, 5.74) is 0. The predicted octanol–water partition coefficient (Wildman–Crippen LogP) is 1.81. The molecule has 0 aromatic heterocycles. The summed E-state index contributed by atoms with van der Waals surface area (Å²) in [6, 6.07) is 19.3. The summed E-state index contributed by atoms with van der Waals surface area (Å²) in [5, 5.41) is 6.95. The van der Waals surface area contributed by atoms with E-state index in [-0.39, 0.29) is 73.3 Å². The molecular weight excluding hydrogens is 478 g/mol. The van der Waals surface area contributed by atoms with E-state index >= 15 is 0 Å². The summed E-state index contributed by atoms with van der Waals surface area (Å²) in [7, 11) is -0.981. The van der Waals surface area contributed by atoms with Gasteiger partial charge in [-0.2, -0.15) is 6.08 Å². The molecule has 28 heavy (non-hydrogen) atoms. The van der Waals surface area contributed by atoms with E-state index in [0.29, 0.717) is 0 Å². The summed E-state index contributed by atoms with van der Waals surface area (Å²) in [4.78, 5) is 0. The molecule has 154 valence electrons. The Bertz CT molecular complexity index is 807. The van der Waals surface area contributed by atoms with Gasteiger partial charge < -0.3 is 39.7 Å². The number of hydrogen-bond acceptors (Lipinski definition) is 0. The Balaban J connectivity index is -0.000000177. The van der Waals surface area contributed by atoms with Crippen LogP contribution in [0.15, 0.2) is 71.9 Å². The third-order valence-corrected chi connectivity index (χ3v) is 6.17. The molecule has 0 bridgehead atoms. The van der Waals surface area contributed by atoms with Gasteiger partial charge in [-0.15, -0.1) is 46.2 Å². The van der Waals surface area contributed by atoms with Crippen LogP contribution in [0, 0.1) is 20.9 Å². The summed E-state index contributed by atoms with van der Waals surface area (Å²) < 4.78 is 0. The van der Waals surface area contributed by atoms with Crippen molar-refractivity contribution in [2.24, 2.45) is 0 Å². The average Bonchev–Trinajstić information content (AvgIpc) is 3.15. The fourth-order valence-electron chi connectivity index (χ4n) is 2.82. The zero-order chi connectivity index (χ0) is 15.6. The molecule has 4 heteroatoms. The Labute approximate surface area is 205 Å². The Morgan fingerprint density at radius 1 is 0.821 bits per heavy atom. The van der Waals surface area contributed by atoms with Crippen molar-refractivity contribution in [3.63, 3.8) is 0 Å². The molecule has 3 aromatic carbocycles. The average molecular weight is 511 g/mol. The van der Waals surface area contributed by atoms with E-state index in [9.17, 15) is 0 Å². The maximum Gasteiger partial charge on any atom is 2.00 e. The monoisotopic (exact) mass is 508 g/mol. The summed E-state index contributed by atoms with van der Waals surface area (Å²) in [6.45, 7) is 7.09. The largest absolute Gasteiger partial charge is 2.00 e. The maximum absolute atomic E-state index is 3.20. The first kappa shape index (κ1) is 34.9. The Morgan fingerprint density at radius 2 is 1.25 bits per heavy atom. The molecule has 0 unspecified atom stereocenters. The number of rotatable bonds is 1. The van der Waals surface area contributed by atoms with Crippen LogP contribution in [0.5, 0.6) is 0 Å². The van der Waals surface area contributed by atoms with Gasteiger partial charge in [-0.1, -0.05) is 63.5 Å². The molecular formula is C24H32Cl2SiZr-4. The van der Waals surface area contributed by atoms with Crippen molar-refractivity contribution in [1.82, 2.24) is 0 Å². The molecule has 0 heterocycles. The molecule has 0 N–H and O–H groups in total. The molecule has 0 nitrogen and oxygen atoms in total. The second-order valence-corrected chi connectivity index (χ2v) is 11.9. The Hall–Kier alpha value is -0.530. The van der Waals surface area contributed by atoms with Crippen LogP contribution in [0.4, 0.5) is 0 Å². The molecule has 0 aliphatic heterocycles. The van der Waals surface area contributed by atoms with E-state index in [1.165, 1.54) is 21.5 Å². The van der Waals surface area contributed by atoms with Crippen molar-refractivity contribution < 1.29 is 51.0 Å². The summed E-state index contributed by atoms with van der Waals surface area (Å²) in [6.07, 6.45) is 8.69. The van der Waals surface area contributed by atoms with E-state index in [0.717, 1.165) is 6.42 Å². The topological polar surface area (TPSA) is 0 Å². The number of allylic oxidation sites excluding steroid dienone is 4. The minimum atomic E-state index is -0.981. The molecule has 0 spiro atoms. The van der Waals surface area contributed by atoms with Crippen molar-refractivity contribution in [2.75, 3.05) is 0 Å². The number of halogens is 2. The van der Waals surface area contributed by atoms with E-state index < -0.39 is 8.07 Å². The van der Waals surface area contributed by atoms with Crippen LogP contribution >= 0.6 is 0 Å². The summed E-state index contributed by atoms with van der Waals surface area (Å²) in [5.74, 6) is 0. The molecule has 0 atom stereocenters. The first-order chi connectivity index (χ1) is 10.6. The molecule has 0 radical (unpaired) electrons. The second kappa shape index (κ2) is 15.3. The first-order valence-corrected chi connectivity index (χ1v) is 11.4. The Kier molecular flexibility index (Phi) is 19.1. The van der Waals surface area contributed by atoms with Gasteiger partial charge in [0.25, 0.3) is 0 Å². The second-order valence-electron chi connectivity index (χ2n) is 6.78. The van der Waals surface area contributed by atoms with Crippen LogP contribution < -0.4 is 24.8 Å². The van der Waals surface area contributed by atoms with Crippen LogP contribution in [0.25, 0.3) is 21.5 Å². The first-order valence-electron chi connectivity index (χ1n) is 7.86. The molecule has 0 amide bonds. The van der Waals surface area contributed by atoms with Gasteiger partial charge in [0.15, 0.2) is 0 Å². The van der Waals surface area contributed by atoms with E-state index in [2.05, 4.69) is 92.5 Å². The van der Waals surface area contributed by atoms with Crippen molar-refractivity contribution >= 4 is 29.6 Å². The smallest absolute Gasteiger partial charge is 1.00 e. The molecule has 0 saturated heterocycles. The van der Waals surface area contributed by atoms with Crippen LogP contribution in [0.3, 0.4) is 0 Å². The fraction of sp³-hybridized carbons (Fsp3) is 0.208. The number of hydrogen-bond donors (Lipinski definition) is 0. The van der Waals surface area contributed by atoms with Crippen molar-refractivity contribution in [2.45, 2.75) is 33.5 Å². The van der Waals surface area contributed by atoms with Crippen molar-refractivity contribution in [3.8, 4) is 0 Å². The van der Waals surface area contributed by atoms with Gasteiger partial charge in [-0.25, -0.2) is 11.3 Å². The SMILES string of the molecule is C.C[Si](C)(C)C1=CC[C-]=C1.[CH3-].[CH3-].[Cl-].[Cl-].[Zr+2].c1ccc2c(c1)[cH-]c1ccccc12. The van der Waals surface area contributed by atoms with Crippen LogP contribution in [0.1, 0.15) is 13.8 Å². The molecule has 4 rings (SSSR count). The summed E-state index contributed by atoms with van der Waals surface area (Å²) >= 11 is 0. The molecule has 0 fully saturated rings. The number of benzene rings is 2. The standard InChI is InChI=1S/C13H9.C8H13Si.CH4.2CH3.2ClH.Zr/c1-3-7-12-10(5-1)9-11-6-2-4-8-13(11)12;1-9(2,3)8-6-4-5-7-8;;;;;;/h1-9H;6-7H,4H2,1-3H3;1H4;2*1H3;2*1H;/q2*-1;;2*-1;;;+2/p-2. The van der Waals surface area contributed by atoms with Gasteiger partial charge in [-0.05, 0) is 8.07 Å². The molecule has 1 aliphatic carbocycles. The van der Waals surface area contributed by atoms with Crippen LogP contribution in [0.2, 0.25) is 19.6 Å². The van der Waals surface area contributed by atoms with Gasteiger partial charge in [0.1, 0.15) is 0 Å². The molecule has 1 aliphatic rings. The normalized spacial score (nSPS) is 11.0. The van der Waals surface area contributed by atoms with Gasteiger partial charge >= 0.3 is 26.2 Å². The van der Waals surface area contributed by atoms with Crippen LogP contribution in [-0.2, 0) is 26.2 Å². The van der Waals surface area contributed by atoms with Crippen molar-refractivity contribution in [1.29, 1.82) is 0 Å². The van der Waals surface area contributed by atoms with Gasteiger partial charge in [0, 0.05) is 0 Å². The van der Waals surface area contributed by atoms with Crippen molar-refractivity contribution in [3.05, 3.63) is 92.9 Å². The minimum Gasteiger partial charge on any atom is -1.00 e. The van der Waals surface area contributed by atoms with Gasteiger partial charge in [0.05, 0.1) is 0 Å². The zero-order valence-corrected chi connectivity index (χ0v) is 21.8. The predicted molar refractivity (Wildman–Crippen MR) is 120 cm³/mol. The quantitative estimate of drug-likeness (QED) is 0.346. The molecule has 3 aromatic rings. The van der Waals surface area contributed by atoms with Gasteiger partial charge in [0.2, 0.25) is 0 Å². The zero-order valence-electron chi connectivity index (χ0n) is 16.8. The maximum atomic E-state index is 3.20. The molecule has 0 saturated carbocycles. The van der Waals surface area contributed by atoms with E-state index in [1.54, 1.807) is 5.20 Å². The van der Waals surface area contributed by atoms with E-state index in [1.807, 2.05) is 0 Å². The fourth-order valence-corrected chi connectivity index (χ4v) is 4.07.